The molecule has 3 rings (SSSR count). The number of nitrogens with one attached hydrogen (secondary N) is 2. The Bertz CT molecular complexity index is 1310. The van der Waals surface area contributed by atoms with Crippen molar-refractivity contribution < 1.29 is 28.6 Å². The third-order valence-electron chi connectivity index (χ3n) is 4.63. The smallest absolute Gasteiger partial charge is 0.343 e. The molecule has 0 saturated heterocycles. The molecular formula is C26H23Cl2N3O6. The highest BCUT2D eigenvalue weighted by molar-refractivity contribution is 6.43. The third-order valence-corrected chi connectivity index (χ3v) is 5.37. The molecule has 0 aliphatic carbocycles. The van der Waals surface area contributed by atoms with Crippen molar-refractivity contribution in [3.8, 4) is 17.2 Å². The van der Waals surface area contributed by atoms with E-state index in [1.807, 2.05) is 6.92 Å². The van der Waals surface area contributed by atoms with E-state index in [0.717, 1.165) is 0 Å². The Kier molecular flexibility index (Phi) is 9.88. The average Bonchev–Trinajstić information content (AvgIpc) is 2.88. The number of rotatable bonds is 9. The molecule has 0 atom stereocenters. The molecule has 2 amide bonds. The molecule has 0 fully saturated rings. The van der Waals surface area contributed by atoms with E-state index in [0.29, 0.717) is 46.5 Å². The van der Waals surface area contributed by atoms with Crippen LogP contribution in [0.15, 0.2) is 65.8 Å². The minimum atomic E-state index is -0.992. The number of hydrogen-bond acceptors (Lipinski definition) is 7. The third kappa shape index (κ3) is 7.96. The summed E-state index contributed by atoms with van der Waals surface area (Å²) in [6, 6.07) is 15.7. The van der Waals surface area contributed by atoms with Crippen LogP contribution in [0, 0.1) is 0 Å². The maximum atomic E-state index is 12.6. The van der Waals surface area contributed by atoms with E-state index in [1.165, 1.54) is 30.5 Å². The van der Waals surface area contributed by atoms with Crippen LogP contribution in [0.3, 0.4) is 0 Å². The van der Waals surface area contributed by atoms with Gasteiger partial charge in [0.2, 0.25) is 0 Å². The van der Waals surface area contributed by atoms with Gasteiger partial charge in [0, 0.05) is 5.69 Å². The Morgan fingerprint density at radius 1 is 0.838 bits per heavy atom. The van der Waals surface area contributed by atoms with Crippen LogP contribution in [0.2, 0.25) is 10.0 Å². The standard InChI is InChI=1S/C26H23Cl2N3O6/c1-3-35-19-9-6-17(7-10-19)26(34)37-22-12-5-16(13-23(22)36-4-2)15-29-31-25(33)24(32)30-18-8-11-20(27)21(28)14-18/h5-15H,3-4H2,1-2H3,(H,30,32)(H,31,33)/b29-15-. The number of benzene rings is 3. The van der Waals surface area contributed by atoms with Crippen molar-refractivity contribution in [1.29, 1.82) is 0 Å². The first-order chi connectivity index (χ1) is 17.8. The maximum absolute atomic E-state index is 12.6. The molecule has 0 spiro atoms. The van der Waals surface area contributed by atoms with Crippen molar-refractivity contribution in [1.82, 2.24) is 5.43 Å². The number of halogens is 2. The van der Waals surface area contributed by atoms with Gasteiger partial charge < -0.3 is 19.5 Å². The largest absolute Gasteiger partial charge is 0.494 e. The maximum Gasteiger partial charge on any atom is 0.343 e. The van der Waals surface area contributed by atoms with Gasteiger partial charge >= 0.3 is 17.8 Å². The summed E-state index contributed by atoms with van der Waals surface area (Å²) in [5, 5.41) is 6.73. The van der Waals surface area contributed by atoms with Gasteiger partial charge in [-0.05, 0) is 80.1 Å². The summed E-state index contributed by atoms with van der Waals surface area (Å²) in [4.78, 5) is 36.7. The second-order valence-corrected chi connectivity index (χ2v) is 8.08. The Morgan fingerprint density at radius 2 is 1.57 bits per heavy atom. The van der Waals surface area contributed by atoms with Crippen molar-refractivity contribution in [2.45, 2.75) is 13.8 Å². The van der Waals surface area contributed by atoms with E-state index < -0.39 is 17.8 Å². The van der Waals surface area contributed by atoms with Gasteiger partial charge in [0.05, 0.1) is 35.0 Å². The fraction of sp³-hybridized carbons (Fsp3) is 0.154. The molecule has 0 aliphatic heterocycles. The van der Waals surface area contributed by atoms with Crippen molar-refractivity contribution in [2.24, 2.45) is 5.10 Å². The number of anilines is 1. The van der Waals surface area contributed by atoms with E-state index in [2.05, 4.69) is 15.8 Å². The first-order valence-electron chi connectivity index (χ1n) is 11.1. The van der Waals surface area contributed by atoms with Gasteiger partial charge in [0.1, 0.15) is 5.75 Å². The summed E-state index contributed by atoms with van der Waals surface area (Å²) in [7, 11) is 0. The molecule has 9 nitrogen and oxygen atoms in total. The van der Waals surface area contributed by atoms with Crippen molar-refractivity contribution in [2.75, 3.05) is 18.5 Å². The molecule has 37 heavy (non-hydrogen) atoms. The first kappa shape index (κ1) is 27.5. The van der Waals surface area contributed by atoms with E-state index in [1.54, 1.807) is 43.3 Å². The van der Waals surface area contributed by atoms with Crippen LogP contribution in [0.5, 0.6) is 17.2 Å². The van der Waals surface area contributed by atoms with Crippen LogP contribution < -0.4 is 25.0 Å². The first-order valence-corrected chi connectivity index (χ1v) is 11.9. The van der Waals surface area contributed by atoms with Crippen molar-refractivity contribution in [3.05, 3.63) is 81.8 Å². The predicted octanol–water partition coefficient (Wildman–Crippen LogP) is 5.10. The monoisotopic (exact) mass is 543 g/mol. The average molecular weight is 544 g/mol. The predicted molar refractivity (Wildman–Crippen MR) is 141 cm³/mol. The number of ether oxygens (including phenoxy) is 3. The minimum Gasteiger partial charge on any atom is -0.494 e. The molecule has 0 saturated carbocycles. The highest BCUT2D eigenvalue weighted by Gasteiger charge is 2.15. The topological polar surface area (TPSA) is 115 Å². The zero-order chi connectivity index (χ0) is 26.8. The van der Waals surface area contributed by atoms with Gasteiger partial charge in [0.25, 0.3) is 0 Å². The van der Waals surface area contributed by atoms with Gasteiger partial charge in [-0.3, -0.25) is 9.59 Å². The number of amides is 2. The Balaban J connectivity index is 1.62. The summed E-state index contributed by atoms with van der Waals surface area (Å²) in [5.74, 6) is -1.34. The molecule has 0 aromatic heterocycles. The highest BCUT2D eigenvalue weighted by atomic mass is 35.5. The van der Waals surface area contributed by atoms with Gasteiger partial charge in [-0.1, -0.05) is 23.2 Å². The fourth-order valence-corrected chi connectivity index (χ4v) is 3.25. The lowest BCUT2D eigenvalue weighted by atomic mass is 10.2. The van der Waals surface area contributed by atoms with Gasteiger partial charge in [-0.15, -0.1) is 0 Å². The zero-order valence-corrected chi connectivity index (χ0v) is 21.4. The summed E-state index contributed by atoms with van der Waals surface area (Å²) >= 11 is 11.7. The van der Waals surface area contributed by atoms with Crippen LogP contribution in [0.25, 0.3) is 0 Å². The fourth-order valence-electron chi connectivity index (χ4n) is 2.95. The molecule has 0 radical (unpaired) electrons. The quantitative estimate of drug-likeness (QED) is 0.127. The number of carbonyl (C=O) groups is 3. The van der Waals surface area contributed by atoms with Crippen LogP contribution in [0.1, 0.15) is 29.8 Å². The molecule has 3 aromatic carbocycles. The van der Waals surface area contributed by atoms with Gasteiger partial charge in [-0.2, -0.15) is 5.10 Å². The Labute approximate surface area is 223 Å². The van der Waals surface area contributed by atoms with Crippen molar-refractivity contribution in [3.63, 3.8) is 0 Å². The molecule has 3 aromatic rings. The number of nitrogens with zero attached hydrogens (tertiary/aromatic N) is 1. The van der Waals surface area contributed by atoms with Crippen LogP contribution >= 0.6 is 23.2 Å². The molecule has 0 heterocycles. The van der Waals surface area contributed by atoms with Crippen molar-refractivity contribution >= 4 is 52.9 Å². The highest BCUT2D eigenvalue weighted by Crippen LogP contribution is 2.29. The Hall–Kier alpha value is -4.08. The van der Waals surface area contributed by atoms with Crippen LogP contribution in [-0.4, -0.2) is 37.2 Å². The normalized spacial score (nSPS) is 10.6. The van der Waals surface area contributed by atoms with Gasteiger partial charge in [0.15, 0.2) is 11.5 Å². The van der Waals surface area contributed by atoms with Gasteiger partial charge in [-0.25, -0.2) is 10.2 Å². The second kappa shape index (κ2) is 13.3. The minimum absolute atomic E-state index is 0.211. The van der Waals surface area contributed by atoms with E-state index in [4.69, 9.17) is 37.4 Å². The lowest BCUT2D eigenvalue weighted by Gasteiger charge is -2.11. The molecule has 0 bridgehead atoms. The lowest BCUT2D eigenvalue weighted by Crippen LogP contribution is -2.32. The SMILES string of the molecule is CCOc1ccc(C(=O)Oc2ccc(/C=N\NC(=O)C(=O)Nc3ccc(Cl)c(Cl)c3)cc2OCC)cc1. The number of hydrogen-bond donors (Lipinski definition) is 2. The Morgan fingerprint density at radius 3 is 2.24 bits per heavy atom. The molecule has 0 aliphatic rings. The lowest BCUT2D eigenvalue weighted by molar-refractivity contribution is -0.136. The molecular weight excluding hydrogens is 521 g/mol. The number of hydrazone groups is 1. The number of carbonyl (C=O) groups excluding carboxylic acids is 3. The van der Waals surface area contributed by atoms with Crippen LogP contribution in [-0.2, 0) is 9.59 Å². The molecule has 11 heteroatoms. The summed E-state index contributed by atoms with van der Waals surface area (Å²) in [5.41, 5.74) is 3.30. The van der Waals surface area contributed by atoms with E-state index in [9.17, 15) is 14.4 Å². The van der Waals surface area contributed by atoms with Crippen LogP contribution in [0.4, 0.5) is 5.69 Å². The molecule has 2 N–H and O–H groups in total. The second-order valence-electron chi connectivity index (χ2n) is 7.27. The molecule has 192 valence electrons. The number of esters is 1. The van der Waals surface area contributed by atoms with E-state index >= 15 is 0 Å². The summed E-state index contributed by atoms with van der Waals surface area (Å²) in [6.45, 7) is 4.49. The molecule has 0 unspecified atom stereocenters. The summed E-state index contributed by atoms with van der Waals surface area (Å²) in [6.07, 6.45) is 1.31. The summed E-state index contributed by atoms with van der Waals surface area (Å²) < 4.78 is 16.5. The zero-order valence-electron chi connectivity index (χ0n) is 19.9. The van der Waals surface area contributed by atoms with E-state index in [-0.39, 0.29) is 10.8 Å².